The van der Waals surface area contributed by atoms with Gasteiger partial charge in [0.05, 0.1) is 0 Å². The summed E-state index contributed by atoms with van der Waals surface area (Å²) in [6.45, 7) is 1.89. The Bertz CT molecular complexity index is 171. The van der Waals surface area contributed by atoms with Crippen molar-refractivity contribution in [3.05, 3.63) is 12.2 Å². The molecular formula is C8H11BrF4. The van der Waals surface area contributed by atoms with Crippen LogP contribution in [0.4, 0.5) is 17.6 Å². The van der Waals surface area contributed by atoms with Gasteiger partial charge in [0.25, 0.3) is 0 Å². The molecule has 0 aromatic rings. The fraction of sp³-hybridized carbons (Fsp3) is 0.750. The molecule has 0 spiro atoms. The van der Waals surface area contributed by atoms with Crippen molar-refractivity contribution in [3.63, 3.8) is 0 Å². The quantitative estimate of drug-likeness (QED) is 0.299. The van der Waals surface area contributed by atoms with Gasteiger partial charge >= 0.3 is 10.8 Å². The lowest BCUT2D eigenvalue weighted by Gasteiger charge is -2.17. The highest BCUT2D eigenvalue weighted by molar-refractivity contribution is 9.10. The van der Waals surface area contributed by atoms with Crippen LogP contribution in [0.1, 0.15) is 26.2 Å². The van der Waals surface area contributed by atoms with Crippen molar-refractivity contribution in [3.8, 4) is 0 Å². The van der Waals surface area contributed by atoms with Crippen molar-refractivity contribution in [2.24, 2.45) is 0 Å². The minimum Gasteiger partial charge on any atom is -0.194 e. The zero-order valence-electron chi connectivity index (χ0n) is 7.17. The molecule has 0 nitrogen and oxygen atoms in total. The van der Waals surface area contributed by atoms with Crippen LogP contribution in [0.2, 0.25) is 0 Å². The van der Waals surface area contributed by atoms with E-state index in [2.05, 4.69) is 0 Å². The van der Waals surface area contributed by atoms with Crippen LogP contribution < -0.4 is 0 Å². The van der Waals surface area contributed by atoms with E-state index in [1.165, 1.54) is 0 Å². The predicted molar refractivity (Wildman–Crippen MR) is 47.5 cm³/mol. The molecule has 0 aromatic heterocycles. The smallest absolute Gasteiger partial charge is 0.194 e. The molecule has 0 saturated heterocycles. The molecule has 0 atom stereocenters. The minimum atomic E-state index is -4.16. The van der Waals surface area contributed by atoms with E-state index < -0.39 is 10.8 Å². The molecule has 0 aliphatic heterocycles. The first kappa shape index (κ1) is 12.9. The Labute approximate surface area is 83.1 Å². The van der Waals surface area contributed by atoms with E-state index in [1.54, 1.807) is 15.9 Å². The second kappa shape index (κ2) is 4.98. The monoisotopic (exact) mass is 262 g/mol. The molecule has 0 radical (unpaired) electrons. The molecule has 5 heteroatoms. The molecule has 0 saturated carbocycles. The van der Waals surface area contributed by atoms with Gasteiger partial charge in [-0.3, -0.25) is 0 Å². The lowest BCUT2D eigenvalue weighted by molar-refractivity contribution is -0.111. The molecule has 0 aliphatic rings. The largest absolute Gasteiger partial charge is 0.367 e. The van der Waals surface area contributed by atoms with Crippen molar-refractivity contribution in [2.75, 3.05) is 0 Å². The Balaban J connectivity index is 4.09. The van der Waals surface area contributed by atoms with Gasteiger partial charge in [-0.25, -0.2) is 0 Å². The van der Waals surface area contributed by atoms with Crippen LogP contribution >= 0.6 is 15.9 Å². The topological polar surface area (TPSA) is 0 Å². The highest BCUT2D eigenvalue weighted by atomic mass is 79.9. The van der Waals surface area contributed by atoms with Gasteiger partial charge < -0.3 is 0 Å². The summed E-state index contributed by atoms with van der Waals surface area (Å²) in [5.74, 6) is -4.11. The Morgan fingerprint density at radius 3 is 2.15 bits per heavy atom. The highest BCUT2D eigenvalue weighted by Gasteiger charge is 2.51. The zero-order chi connectivity index (χ0) is 10.5. The van der Waals surface area contributed by atoms with Gasteiger partial charge in [0, 0.05) is 0 Å². The van der Waals surface area contributed by atoms with Crippen LogP contribution in [0.3, 0.4) is 0 Å². The normalized spacial score (nSPS) is 14.0. The van der Waals surface area contributed by atoms with E-state index in [0.29, 0.717) is 6.42 Å². The number of hydrogen-bond donors (Lipinski definition) is 0. The van der Waals surface area contributed by atoms with Crippen LogP contribution in [0.5, 0.6) is 0 Å². The van der Waals surface area contributed by atoms with Gasteiger partial charge in [-0.05, 0) is 28.4 Å². The van der Waals surface area contributed by atoms with Crippen LogP contribution in [0.25, 0.3) is 0 Å². The Morgan fingerprint density at radius 1 is 1.23 bits per heavy atom. The summed E-state index contributed by atoms with van der Waals surface area (Å²) < 4.78 is 49.2. The molecule has 0 aromatic carbocycles. The molecule has 0 N–H and O–H groups in total. The third-order valence-electron chi connectivity index (χ3n) is 1.43. The van der Waals surface area contributed by atoms with E-state index >= 15 is 0 Å². The van der Waals surface area contributed by atoms with Gasteiger partial charge in [0.1, 0.15) is 0 Å². The number of halogens is 5. The fourth-order valence-corrected chi connectivity index (χ4v) is 0.780. The molecule has 0 unspecified atom stereocenters. The Kier molecular flexibility index (Phi) is 4.96. The van der Waals surface area contributed by atoms with Crippen LogP contribution in [-0.2, 0) is 0 Å². The van der Waals surface area contributed by atoms with E-state index in [-0.39, 0.29) is 6.08 Å². The summed E-state index contributed by atoms with van der Waals surface area (Å²) in [4.78, 5) is -4.16. The van der Waals surface area contributed by atoms with Gasteiger partial charge in [-0.15, -0.1) is 0 Å². The van der Waals surface area contributed by atoms with Gasteiger partial charge in [0.2, 0.25) is 0 Å². The first-order valence-corrected chi connectivity index (χ1v) is 4.73. The predicted octanol–water partition coefficient (Wildman–Crippen LogP) is 4.36. The van der Waals surface area contributed by atoms with Crippen LogP contribution in [0.15, 0.2) is 12.2 Å². The van der Waals surface area contributed by atoms with Crippen LogP contribution in [-0.4, -0.2) is 10.8 Å². The molecule has 0 bridgehead atoms. The van der Waals surface area contributed by atoms with E-state index in [1.807, 2.05) is 6.92 Å². The summed E-state index contributed by atoms with van der Waals surface area (Å²) in [6, 6.07) is 0. The lowest BCUT2D eigenvalue weighted by Crippen LogP contribution is -2.32. The summed E-state index contributed by atoms with van der Waals surface area (Å²) in [5.41, 5.74) is 0. The van der Waals surface area contributed by atoms with Crippen molar-refractivity contribution < 1.29 is 17.6 Å². The summed E-state index contributed by atoms with van der Waals surface area (Å²) in [7, 11) is 0. The van der Waals surface area contributed by atoms with Gasteiger partial charge in [-0.2, -0.15) is 17.6 Å². The first-order chi connectivity index (χ1) is 5.81. The molecule has 0 aliphatic carbocycles. The second-order valence-corrected chi connectivity index (χ2v) is 3.66. The molecule has 13 heavy (non-hydrogen) atoms. The minimum absolute atomic E-state index is 0.247. The first-order valence-electron chi connectivity index (χ1n) is 3.93. The molecular weight excluding hydrogens is 252 g/mol. The molecule has 0 fully saturated rings. The van der Waals surface area contributed by atoms with E-state index in [9.17, 15) is 17.6 Å². The van der Waals surface area contributed by atoms with Gasteiger partial charge in [0.15, 0.2) is 0 Å². The van der Waals surface area contributed by atoms with E-state index in [0.717, 1.165) is 18.9 Å². The molecule has 0 amide bonds. The zero-order valence-corrected chi connectivity index (χ0v) is 8.75. The summed E-state index contributed by atoms with van der Waals surface area (Å²) in [5, 5.41) is 0. The van der Waals surface area contributed by atoms with Crippen molar-refractivity contribution in [1.82, 2.24) is 0 Å². The van der Waals surface area contributed by atoms with Gasteiger partial charge in [-0.1, -0.05) is 25.8 Å². The summed E-state index contributed by atoms with van der Waals surface area (Å²) in [6.07, 6.45) is 3.30. The number of hydrogen-bond acceptors (Lipinski definition) is 0. The average Bonchev–Trinajstić information content (AvgIpc) is 1.96. The Hall–Kier alpha value is -0.0600. The summed E-state index contributed by atoms with van der Waals surface area (Å²) >= 11 is 1.63. The maximum absolute atomic E-state index is 12.5. The van der Waals surface area contributed by atoms with E-state index in [4.69, 9.17) is 0 Å². The van der Waals surface area contributed by atoms with Crippen molar-refractivity contribution >= 4 is 15.9 Å². The number of rotatable bonds is 5. The third-order valence-corrected chi connectivity index (χ3v) is 1.96. The maximum Gasteiger partial charge on any atom is 0.367 e. The van der Waals surface area contributed by atoms with Crippen molar-refractivity contribution in [1.29, 1.82) is 0 Å². The standard InChI is InChI=1S/C8H11BrF4/c1-2-3-4-5-6-7(10,11)8(9,12)13/h5-6H,2-4H2,1H3/b6-5-. The third kappa shape index (κ3) is 4.64. The number of alkyl halides is 5. The average molecular weight is 263 g/mol. The van der Waals surface area contributed by atoms with Crippen molar-refractivity contribution in [2.45, 2.75) is 36.9 Å². The highest BCUT2D eigenvalue weighted by Crippen LogP contribution is 2.40. The number of unbranched alkanes of at least 4 members (excludes halogenated alkanes) is 2. The maximum atomic E-state index is 12.5. The van der Waals surface area contributed by atoms with Crippen LogP contribution in [0, 0.1) is 0 Å². The second-order valence-electron chi connectivity index (χ2n) is 2.67. The number of allylic oxidation sites excluding steroid dienone is 2. The fourth-order valence-electron chi connectivity index (χ4n) is 0.648. The molecule has 0 heterocycles. The molecule has 78 valence electrons. The SMILES string of the molecule is CCCC/C=C\C(F)(F)C(F)(F)Br. The molecule has 0 rings (SSSR count). The Morgan fingerprint density at radius 2 is 1.77 bits per heavy atom. The lowest BCUT2D eigenvalue weighted by atomic mass is 10.2.